The smallest absolute Gasteiger partial charge is 0.309 e. The second-order valence-corrected chi connectivity index (χ2v) is 7.30. The van der Waals surface area contributed by atoms with E-state index < -0.39 is 0 Å². The molecule has 5 atom stereocenters. The van der Waals surface area contributed by atoms with Crippen molar-refractivity contribution in [3.05, 3.63) is 11.1 Å². The molecule has 0 radical (unpaired) electrons. The summed E-state index contributed by atoms with van der Waals surface area (Å²) in [7, 11) is 0. The van der Waals surface area contributed by atoms with Crippen molar-refractivity contribution >= 4 is 11.9 Å². The summed E-state index contributed by atoms with van der Waals surface area (Å²) in [6.45, 7) is 7.82. The molecule has 4 nitrogen and oxygen atoms in total. The molecule has 0 aromatic carbocycles. The van der Waals surface area contributed by atoms with E-state index in [4.69, 9.17) is 9.47 Å². The van der Waals surface area contributed by atoms with Gasteiger partial charge in [-0.3, -0.25) is 9.59 Å². The van der Waals surface area contributed by atoms with E-state index in [-0.39, 0.29) is 35.5 Å². The highest BCUT2D eigenvalue weighted by molar-refractivity contribution is 5.75. The Morgan fingerprint density at radius 1 is 1.33 bits per heavy atom. The summed E-state index contributed by atoms with van der Waals surface area (Å²) in [6, 6.07) is 0. The zero-order valence-corrected chi connectivity index (χ0v) is 13.3. The van der Waals surface area contributed by atoms with Gasteiger partial charge in [0.2, 0.25) is 0 Å². The van der Waals surface area contributed by atoms with Gasteiger partial charge in [-0.1, -0.05) is 25.0 Å². The molecule has 2 fully saturated rings. The monoisotopic (exact) mass is 292 g/mol. The number of rotatable bonds is 1. The number of esters is 2. The van der Waals surface area contributed by atoms with Crippen LogP contribution in [-0.4, -0.2) is 24.1 Å². The molecule has 0 bridgehead atoms. The molecule has 3 rings (SSSR count). The lowest BCUT2D eigenvalue weighted by atomic mass is 9.59. The molecule has 0 amide bonds. The van der Waals surface area contributed by atoms with Gasteiger partial charge in [0.1, 0.15) is 12.2 Å². The molecule has 1 heterocycles. The second kappa shape index (κ2) is 4.85. The molecule has 1 saturated carbocycles. The lowest BCUT2D eigenvalue weighted by molar-refractivity contribution is -0.148. The van der Waals surface area contributed by atoms with Crippen LogP contribution in [0.5, 0.6) is 0 Å². The van der Waals surface area contributed by atoms with Crippen LogP contribution in [0.3, 0.4) is 0 Å². The van der Waals surface area contributed by atoms with Crippen LogP contribution in [0.15, 0.2) is 11.1 Å². The van der Waals surface area contributed by atoms with Crippen molar-refractivity contribution in [2.24, 2.45) is 17.3 Å². The summed E-state index contributed by atoms with van der Waals surface area (Å²) in [5.74, 6) is 0.0586. The molecule has 0 unspecified atom stereocenters. The van der Waals surface area contributed by atoms with Crippen LogP contribution in [0.4, 0.5) is 0 Å². The lowest BCUT2D eigenvalue weighted by Crippen LogP contribution is -2.42. The maximum absolute atomic E-state index is 11.8. The van der Waals surface area contributed by atoms with E-state index in [0.717, 1.165) is 25.7 Å². The van der Waals surface area contributed by atoms with Crippen molar-refractivity contribution in [1.29, 1.82) is 0 Å². The van der Waals surface area contributed by atoms with Crippen molar-refractivity contribution in [3.63, 3.8) is 0 Å². The second-order valence-electron chi connectivity index (χ2n) is 7.30. The number of ether oxygens (including phenoxy) is 2. The van der Waals surface area contributed by atoms with Crippen molar-refractivity contribution in [3.8, 4) is 0 Å². The highest BCUT2D eigenvalue weighted by Gasteiger charge is 2.52. The van der Waals surface area contributed by atoms with Crippen molar-refractivity contribution < 1.29 is 19.1 Å². The average Bonchev–Trinajstić information content (AvgIpc) is 2.60. The molecule has 3 aliphatic rings. The molecule has 0 N–H and O–H groups in total. The van der Waals surface area contributed by atoms with E-state index in [1.807, 2.05) is 6.92 Å². The van der Waals surface area contributed by atoms with E-state index in [2.05, 4.69) is 13.8 Å². The zero-order valence-electron chi connectivity index (χ0n) is 13.3. The summed E-state index contributed by atoms with van der Waals surface area (Å²) in [5, 5.41) is 0. The van der Waals surface area contributed by atoms with Crippen LogP contribution in [-0.2, 0) is 19.1 Å². The Labute approximate surface area is 125 Å². The largest absolute Gasteiger partial charge is 0.462 e. The molecule has 1 saturated heterocycles. The van der Waals surface area contributed by atoms with Crippen LogP contribution in [0.2, 0.25) is 0 Å². The summed E-state index contributed by atoms with van der Waals surface area (Å²) in [6.07, 6.45) is 3.47. The van der Waals surface area contributed by atoms with Gasteiger partial charge in [0.05, 0.1) is 5.92 Å². The van der Waals surface area contributed by atoms with Gasteiger partial charge in [0.25, 0.3) is 0 Å². The maximum atomic E-state index is 11.8. The summed E-state index contributed by atoms with van der Waals surface area (Å²) in [5.41, 5.74) is 2.80. The van der Waals surface area contributed by atoms with Crippen LogP contribution in [0.1, 0.15) is 53.4 Å². The number of fused-ring (bicyclic) bond motifs is 2. The fraction of sp³-hybridized carbons (Fsp3) is 0.765. The average molecular weight is 292 g/mol. The molecular formula is C17H24O4. The molecule has 2 aliphatic carbocycles. The van der Waals surface area contributed by atoms with Gasteiger partial charge in [-0.05, 0) is 31.6 Å². The van der Waals surface area contributed by atoms with Crippen LogP contribution in [0.25, 0.3) is 0 Å². The van der Waals surface area contributed by atoms with Gasteiger partial charge >= 0.3 is 11.9 Å². The predicted molar refractivity (Wildman–Crippen MR) is 77.4 cm³/mol. The fourth-order valence-electron chi connectivity index (χ4n) is 4.64. The third-order valence-electron chi connectivity index (χ3n) is 5.64. The van der Waals surface area contributed by atoms with E-state index >= 15 is 0 Å². The van der Waals surface area contributed by atoms with E-state index in [1.54, 1.807) is 0 Å². The number of hydrogen-bond acceptors (Lipinski definition) is 4. The van der Waals surface area contributed by atoms with Gasteiger partial charge in [-0.2, -0.15) is 0 Å². The Morgan fingerprint density at radius 3 is 2.71 bits per heavy atom. The minimum Gasteiger partial charge on any atom is -0.462 e. The van der Waals surface area contributed by atoms with Gasteiger partial charge in [0.15, 0.2) is 0 Å². The number of allylic oxidation sites excluding steroid dienone is 1. The Morgan fingerprint density at radius 2 is 2.05 bits per heavy atom. The topological polar surface area (TPSA) is 52.6 Å². The van der Waals surface area contributed by atoms with Crippen molar-refractivity contribution in [2.45, 2.75) is 65.6 Å². The van der Waals surface area contributed by atoms with Gasteiger partial charge in [-0.25, -0.2) is 0 Å². The molecule has 0 aromatic rings. The number of carbonyl (C=O) groups is 2. The quantitative estimate of drug-likeness (QED) is 0.550. The first-order valence-electron chi connectivity index (χ1n) is 7.87. The summed E-state index contributed by atoms with van der Waals surface area (Å²) in [4.78, 5) is 23.1. The lowest BCUT2D eigenvalue weighted by Gasteiger charge is -2.47. The normalized spacial score (nSPS) is 42.2. The predicted octanol–water partition coefficient (Wildman–Crippen LogP) is 3.01. The first-order chi connectivity index (χ1) is 9.80. The first kappa shape index (κ1) is 14.6. The number of carbonyl (C=O) groups excluding carboxylic acids is 2. The minimum atomic E-state index is -0.213. The van der Waals surface area contributed by atoms with Crippen LogP contribution in [0, 0.1) is 17.3 Å². The molecular weight excluding hydrogens is 268 g/mol. The van der Waals surface area contributed by atoms with Crippen molar-refractivity contribution in [1.82, 2.24) is 0 Å². The molecule has 116 valence electrons. The Bertz CT molecular complexity index is 521. The van der Waals surface area contributed by atoms with Gasteiger partial charge in [0, 0.05) is 19.3 Å². The summed E-state index contributed by atoms with van der Waals surface area (Å²) >= 11 is 0. The van der Waals surface area contributed by atoms with Crippen LogP contribution >= 0.6 is 0 Å². The van der Waals surface area contributed by atoms with E-state index in [9.17, 15) is 9.59 Å². The Balaban J connectivity index is 1.87. The number of hydrogen-bond donors (Lipinski definition) is 0. The van der Waals surface area contributed by atoms with Crippen molar-refractivity contribution in [2.75, 3.05) is 0 Å². The maximum Gasteiger partial charge on any atom is 0.309 e. The third-order valence-corrected chi connectivity index (χ3v) is 5.64. The van der Waals surface area contributed by atoms with E-state index in [0.29, 0.717) is 5.92 Å². The molecule has 0 spiro atoms. The van der Waals surface area contributed by atoms with Crippen LogP contribution < -0.4 is 0 Å². The molecule has 1 aliphatic heterocycles. The zero-order chi connectivity index (χ0) is 15.4. The van der Waals surface area contributed by atoms with Gasteiger partial charge in [-0.15, -0.1) is 0 Å². The molecule has 0 aromatic heterocycles. The highest BCUT2D eigenvalue weighted by Crippen LogP contribution is 2.55. The van der Waals surface area contributed by atoms with E-state index in [1.165, 1.54) is 18.1 Å². The molecule has 21 heavy (non-hydrogen) atoms. The molecule has 4 heteroatoms. The highest BCUT2D eigenvalue weighted by atomic mass is 16.6. The minimum absolute atomic E-state index is 0.00560. The standard InChI is InChI=1S/C17H24O4/c1-9-5-12(20-11(3)18)7-17(4)8-15-13(6-14(9)17)10(2)16(19)21-15/h10,12-13,15H,5-8H2,1-4H3/t10-,12-,13+,15+,17+/m0/s1. The third kappa shape index (κ3) is 2.39. The summed E-state index contributed by atoms with van der Waals surface area (Å²) < 4.78 is 11.0. The first-order valence-corrected chi connectivity index (χ1v) is 7.87. The van der Waals surface area contributed by atoms with Gasteiger partial charge < -0.3 is 9.47 Å². The Hall–Kier alpha value is -1.32. The Kier molecular flexibility index (Phi) is 3.38. The SMILES string of the molecule is CC(=O)O[C@H]1CC(C)=C2C[C@@H]3[C@H](C)C(=O)O[C@@H]3C[C@@]2(C)C1. The fourth-order valence-corrected chi connectivity index (χ4v) is 4.64.